The molecule has 0 bridgehead atoms. The van der Waals surface area contributed by atoms with Gasteiger partial charge in [-0.1, -0.05) is 11.6 Å². The average Bonchev–Trinajstić information content (AvgIpc) is 2.46. The van der Waals surface area contributed by atoms with Crippen molar-refractivity contribution in [3.05, 3.63) is 35.5 Å². The van der Waals surface area contributed by atoms with Gasteiger partial charge in [-0.05, 0) is 38.1 Å². The van der Waals surface area contributed by atoms with Crippen molar-refractivity contribution in [3.63, 3.8) is 0 Å². The zero-order valence-corrected chi connectivity index (χ0v) is 12.4. The molecule has 0 spiro atoms. The predicted molar refractivity (Wildman–Crippen MR) is 78.0 cm³/mol. The Morgan fingerprint density at radius 3 is 2.80 bits per heavy atom. The number of esters is 1. The largest absolute Gasteiger partial charge is 0.490 e. The standard InChI is InChI=1S/C15H16ClNO3/c1-15(2,14(18)19-3)9-20-12-7-6-11(16)10-5-4-8-17-13(10)12/h4-8H,9H2,1-3H3. The van der Waals surface area contributed by atoms with Crippen LogP contribution in [-0.4, -0.2) is 24.7 Å². The van der Waals surface area contributed by atoms with Crippen molar-refractivity contribution in [1.29, 1.82) is 0 Å². The van der Waals surface area contributed by atoms with Gasteiger partial charge in [0.25, 0.3) is 0 Å². The molecule has 0 saturated heterocycles. The quantitative estimate of drug-likeness (QED) is 0.810. The second-order valence-corrected chi connectivity index (χ2v) is 5.52. The third-order valence-corrected chi connectivity index (χ3v) is 3.34. The lowest BCUT2D eigenvalue weighted by Crippen LogP contribution is -2.32. The summed E-state index contributed by atoms with van der Waals surface area (Å²) in [7, 11) is 1.36. The van der Waals surface area contributed by atoms with Crippen LogP contribution in [0.4, 0.5) is 0 Å². The van der Waals surface area contributed by atoms with Crippen molar-refractivity contribution in [3.8, 4) is 5.75 Å². The maximum Gasteiger partial charge on any atom is 0.314 e. The SMILES string of the molecule is COC(=O)C(C)(C)COc1ccc(Cl)c2cccnc12. The van der Waals surface area contributed by atoms with Crippen LogP contribution in [0.1, 0.15) is 13.8 Å². The van der Waals surface area contributed by atoms with Crippen LogP contribution in [0.15, 0.2) is 30.5 Å². The molecule has 0 amide bonds. The molecular weight excluding hydrogens is 278 g/mol. The minimum atomic E-state index is -0.727. The van der Waals surface area contributed by atoms with Gasteiger partial charge in [0, 0.05) is 11.6 Å². The van der Waals surface area contributed by atoms with Crippen molar-refractivity contribution < 1.29 is 14.3 Å². The van der Waals surface area contributed by atoms with E-state index in [9.17, 15) is 4.79 Å². The first-order valence-corrected chi connectivity index (χ1v) is 6.58. The number of carbonyl (C=O) groups excluding carboxylic acids is 1. The highest BCUT2D eigenvalue weighted by Gasteiger charge is 2.30. The highest BCUT2D eigenvalue weighted by Crippen LogP contribution is 2.30. The van der Waals surface area contributed by atoms with Crippen molar-refractivity contribution >= 4 is 28.5 Å². The highest BCUT2D eigenvalue weighted by atomic mass is 35.5. The van der Waals surface area contributed by atoms with Gasteiger partial charge in [0.2, 0.25) is 0 Å². The molecule has 1 aromatic carbocycles. The number of hydrogen-bond acceptors (Lipinski definition) is 4. The van der Waals surface area contributed by atoms with Gasteiger partial charge in [0.05, 0.1) is 17.5 Å². The molecule has 2 rings (SSSR count). The molecule has 2 aromatic rings. The van der Waals surface area contributed by atoms with Crippen LogP contribution in [0, 0.1) is 5.41 Å². The van der Waals surface area contributed by atoms with E-state index in [0.29, 0.717) is 16.3 Å². The third kappa shape index (κ3) is 2.85. The van der Waals surface area contributed by atoms with Crippen molar-refractivity contribution in [1.82, 2.24) is 4.98 Å². The van der Waals surface area contributed by atoms with E-state index in [0.717, 1.165) is 5.39 Å². The number of fused-ring (bicyclic) bond motifs is 1. The van der Waals surface area contributed by atoms with E-state index in [1.165, 1.54) is 7.11 Å². The molecule has 0 fully saturated rings. The molecule has 0 atom stereocenters. The van der Waals surface area contributed by atoms with Gasteiger partial charge in [-0.25, -0.2) is 0 Å². The van der Waals surface area contributed by atoms with Crippen LogP contribution in [0.3, 0.4) is 0 Å². The van der Waals surface area contributed by atoms with Crippen LogP contribution >= 0.6 is 11.6 Å². The van der Waals surface area contributed by atoms with Gasteiger partial charge >= 0.3 is 5.97 Å². The van der Waals surface area contributed by atoms with Crippen LogP contribution in [0.25, 0.3) is 10.9 Å². The number of ether oxygens (including phenoxy) is 2. The molecular formula is C15H16ClNO3. The lowest BCUT2D eigenvalue weighted by Gasteiger charge is -2.22. The number of pyridine rings is 1. The van der Waals surface area contributed by atoms with Gasteiger partial charge in [0.1, 0.15) is 17.9 Å². The third-order valence-electron chi connectivity index (χ3n) is 3.01. The first-order chi connectivity index (χ1) is 9.45. The van der Waals surface area contributed by atoms with Crippen molar-refractivity contribution in [2.45, 2.75) is 13.8 Å². The van der Waals surface area contributed by atoms with E-state index in [-0.39, 0.29) is 12.6 Å². The summed E-state index contributed by atoms with van der Waals surface area (Å²) in [6.07, 6.45) is 1.68. The first-order valence-electron chi connectivity index (χ1n) is 6.20. The zero-order valence-electron chi connectivity index (χ0n) is 11.6. The van der Waals surface area contributed by atoms with E-state index in [1.807, 2.05) is 12.1 Å². The normalized spacial score (nSPS) is 11.4. The Kier molecular flexibility index (Phi) is 4.14. The fraction of sp³-hybridized carbons (Fsp3) is 0.333. The van der Waals surface area contributed by atoms with E-state index in [1.54, 1.807) is 32.2 Å². The van der Waals surface area contributed by atoms with E-state index < -0.39 is 5.41 Å². The second-order valence-electron chi connectivity index (χ2n) is 5.11. The number of halogens is 1. The van der Waals surface area contributed by atoms with Gasteiger partial charge in [-0.2, -0.15) is 0 Å². The van der Waals surface area contributed by atoms with Gasteiger partial charge in [-0.3, -0.25) is 9.78 Å². The fourth-order valence-corrected chi connectivity index (χ4v) is 2.04. The number of methoxy groups -OCH3 is 1. The number of rotatable bonds is 4. The molecule has 20 heavy (non-hydrogen) atoms. The molecule has 106 valence electrons. The molecule has 1 heterocycles. The van der Waals surface area contributed by atoms with E-state index >= 15 is 0 Å². The summed E-state index contributed by atoms with van der Waals surface area (Å²) in [6.45, 7) is 3.74. The monoisotopic (exact) mass is 293 g/mol. The highest BCUT2D eigenvalue weighted by molar-refractivity contribution is 6.35. The number of aromatic nitrogens is 1. The summed E-state index contributed by atoms with van der Waals surface area (Å²) in [5.74, 6) is 0.283. The average molecular weight is 294 g/mol. The molecule has 1 aromatic heterocycles. The molecule has 0 saturated carbocycles. The number of carbonyl (C=O) groups is 1. The Labute approximate surface area is 122 Å². The predicted octanol–water partition coefficient (Wildman–Crippen LogP) is 3.47. The van der Waals surface area contributed by atoms with E-state index in [4.69, 9.17) is 21.1 Å². The zero-order chi connectivity index (χ0) is 14.8. The lowest BCUT2D eigenvalue weighted by atomic mass is 9.95. The van der Waals surface area contributed by atoms with Crippen molar-refractivity contribution in [2.75, 3.05) is 13.7 Å². The smallest absolute Gasteiger partial charge is 0.314 e. The molecule has 0 aliphatic heterocycles. The topological polar surface area (TPSA) is 48.4 Å². The minimum absolute atomic E-state index is 0.201. The fourth-order valence-electron chi connectivity index (χ4n) is 1.82. The summed E-state index contributed by atoms with van der Waals surface area (Å²) in [6, 6.07) is 7.20. The second kappa shape index (κ2) is 5.67. The number of nitrogens with zero attached hydrogens (tertiary/aromatic N) is 1. The summed E-state index contributed by atoms with van der Waals surface area (Å²) in [5.41, 5.74) is -0.0455. The molecule has 0 N–H and O–H groups in total. The van der Waals surface area contributed by atoms with Gasteiger partial charge in [0.15, 0.2) is 0 Å². The number of benzene rings is 1. The van der Waals surface area contributed by atoms with Crippen LogP contribution in [0.2, 0.25) is 5.02 Å². The molecule has 0 unspecified atom stereocenters. The summed E-state index contributed by atoms with van der Waals surface area (Å²) in [4.78, 5) is 15.9. The summed E-state index contributed by atoms with van der Waals surface area (Å²) in [5, 5.41) is 1.44. The Hall–Kier alpha value is -1.81. The van der Waals surface area contributed by atoms with E-state index in [2.05, 4.69) is 4.98 Å². The minimum Gasteiger partial charge on any atom is -0.490 e. The first kappa shape index (κ1) is 14.6. The van der Waals surface area contributed by atoms with Gasteiger partial charge in [-0.15, -0.1) is 0 Å². The molecule has 0 aliphatic carbocycles. The summed E-state index contributed by atoms with van der Waals surface area (Å²) < 4.78 is 10.5. The van der Waals surface area contributed by atoms with Crippen molar-refractivity contribution in [2.24, 2.45) is 5.41 Å². The molecule has 0 radical (unpaired) electrons. The maximum atomic E-state index is 11.6. The molecule has 4 nitrogen and oxygen atoms in total. The van der Waals surface area contributed by atoms with Gasteiger partial charge < -0.3 is 9.47 Å². The summed E-state index contributed by atoms with van der Waals surface area (Å²) >= 11 is 6.12. The Morgan fingerprint density at radius 2 is 2.10 bits per heavy atom. The number of hydrogen-bond donors (Lipinski definition) is 0. The Balaban J connectivity index is 2.27. The Bertz CT molecular complexity index is 640. The van der Waals surface area contributed by atoms with Crippen LogP contribution in [-0.2, 0) is 9.53 Å². The van der Waals surface area contributed by atoms with Crippen LogP contribution in [0.5, 0.6) is 5.75 Å². The Morgan fingerprint density at radius 1 is 1.35 bits per heavy atom. The molecule has 5 heteroatoms. The molecule has 0 aliphatic rings. The lowest BCUT2D eigenvalue weighted by molar-refractivity contribution is -0.152. The van der Waals surface area contributed by atoms with Crippen LogP contribution < -0.4 is 4.74 Å². The maximum absolute atomic E-state index is 11.6.